The zero-order valence-electron chi connectivity index (χ0n) is 15.4. The summed E-state index contributed by atoms with van der Waals surface area (Å²) in [5.74, 6) is 0.0912. The highest BCUT2D eigenvalue weighted by Gasteiger charge is 2.17. The van der Waals surface area contributed by atoms with Crippen LogP contribution in [0.3, 0.4) is 0 Å². The van der Waals surface area contributed by atoms with Crippen LogP contribution in [0.2, 0.25) is 0 Å². The van der Waals surface area contributed by atoms with E-state index in [0.717, 1.165) is 34.3 Å². The van der Waals surface area contributed by atoms with Crippen LogP contribution in [-0.2, 0) is 6.54 Å². The van der Waals surface area contributed by atoms with Gasteiger partial charge in [-0.2, -0.15) is 0 Å². The van der Waals surface area contributed by atoms with Gasteiger partial charge in [-0.05, 0) is 62.8 Å². The van der Waals surface area contributed by atoms with E-state index in [1.54, 1.807) is 16.8 Å². The fourth-order valence-corrected chi connectivity index (χ4v) is 5.17. The zero-order valence-corrected chi connectivity index (χ0v) is 17.8. The number of benzene rings is 1. The smallest absolute Gasteiger partial charge is 0.184 e. The molecule has 1 aromatic carbocycles. The van der Waals surface area contributed by atoms with Crippen molar-refractivity contribution in [2.24, 2.45) is 0 Å². The van der Waals surface area contributed by atoms with Crippen LogP contribution in [0.25, 0.3) is 5.69 Å². The fourth-order valence-electron chi connectivity index (χ4n) is 2.92. The van der Waals surface area contributed by atoms with Crippen LogP contribution >= 0.6 is 35.3 Å². The first kappa shape index (κ1) is 20.0. The molecule has 142 valence electrons. The molecule has 0 aliphatic rings. The summed E-state index contributed by atoms with van der Waals surface area (Å²) in [6.07, 6.45) is 1.03. The summed E-state index contributed by atoms with van der Waals surface area (Å²) in [5.41, 5.74) is 3.61. The number of aromatic nitrogens is 3. The number of aryl methyl sites for hydroxylation is 1. The third-order valence-corrected chi connectivity index (χ3v) is 6.61. The summed E-state index contributed by atoms with van der Waals surface area (Å²) in [6, 6.07) is 7.98. The van der Waals surface area contributed by atoms with Gasteiger partial charge in [-0.1, -0.05) is 30.0 Å². The van der Waals surface area contributed by atoms with E-state index < -0.39 is 0 Å². The van der Waals surface area contributed by atoms with Gasteiger partial charge in [-0.15, -0.1) is 5.10 Å². The molecule has 0 aliphatic carbocycles. The molecule has 0 radical (unpaired) electrons. The van der Waals surface area contributed by atoms with Gasteiger partial charge in [0, 0.05) is 23.5 Å². The van der Waals surface area contributed by atoms with Crippen LogP contribution in [0, 0.1) is 23.6 Å². The Morgan fingerprint density at radius 1 is 1.30 bits per heavy atom. The number of hydrogen-bond donors (Lipinski definition) is 0. The third-order valence-electron chi connectivity index (χ3n) is 4.25. The largest absolute Gasteiger partial charge is 0.348 e. The van der Waals surface area contributed by atoms with Gasteiger partial charge >= 0.3 is 0 Å². The van der Waals surface area contributed by atoms with Gasteiger partial charge in [0.1, 0.15) is 5.82 Å². The highest BCUT2D eigenvalue weighted by molar-refractivity contribution is 8.01. The van der Waals surface area contributed by atoms with Crippen molar-refractivity contribution in [2.45, 2.75) is 38.1 Å². The van der Waals surface area contributed by atoms with E-state index in [9.17, 15) is 9.18 Å². The minimum Gasteiger partial charge on any atom is -0.348 e. The lowest BCUT2D eigenvalue weighted by atomic mass is 10.2. The van der Waals surface area contributed by atoms with Crippen LogP contribution < -0.4 is 0 Å². The summed E-state index contributed by atoms with van der Waals surface area (Å²) in [7, 11) is 0. The average molecular weight is 422 g/mol. The number of carbonyl (C=O) groups excluding carboxylic acids is 1. The van der Waals surface area contributed by atoms with Crippen molar-refractivity contribution in [3.63, 3.8) is 0 Å². The first-order chi connectivity index (χ1) is 12.9. The van der Waals surface area contributed by atoms with Crippen LogP contribution in [0.1, 0.15) is 35.1 Å². The van der Waals surface area contributed by atoms with Crippen molar-refractivity contribution < 1.29 is 9.18 Å². The number of nitrogens with zero attached hydrogens (tertiary/aromatic N) is 3. The SMILES string of the molecule is CCCn1c(C)cc(C(=O)CSc2nn(-c3ccc(F)cc3)c(=S)s2)c1C. The van der Waals surface area contributed by atoms with Crippen LogP contribution in [-0.4, -0.2) is 25.9 Å². The lowest BCUT2D eigenvalue weighted by Crippen LogP contribution is -2.06. The molecule has 2 heterocycles. The standard InChI is InChI=1S/C19H20FN3OS3/c1-4-9-22-12(2)10-16(13(22)3)17(24)11-26-18-21-23(19(25)27-18)15-7-5-14(20)6-8-15/h5-8,10H,4,9,11H2,1-3H3. The first-order valence-corrected chi connectivity index (χ1v) is 10.8. The van der Waals surface area contributed by atoms with Crippen molar-refractivity contribution in [1.82, 2.24) is 14.3 Å². The van der Waals surface area contributed by atoms with Crippen LogP contribution in [0.4, 0.5) is 4.39 Å². The second-order valence-corrected chi connectivity index (χ2v) is 9.02. The molecule has 0 fully saturated rings. The van der Waals surface area contributed by atoms with Crippen molar-refractivity contribution >= 4 is 41.1 Å². The molecule has 0 amide bonds. The summed E-state index contributed by atoms with van der Waals surface area (Å²) in [6.45, 7) is 7.07. The molecular formula is C19H20FN3OS3. The molecule has 0 N–H and O–H groups in total. The van der Waals surface area contributed by atoms with Gasteiger partial charge in [0.2, 0.25) is 0 Å². The fraction of sp³-hybridized carbons (Fsp3) is 0.316. The normalized spacial score (nSPS) is 11.1. The summed E-state index contributed by atoms with van der Waals surface area (Å²) in [4.78, 5) is 12.7. The molecule has 2 aromatic heterocycles. The van der Waals surface area contributed by atoms with E-state index in [-0.39, 0.29) is 11.6 Å². The maximum Gasteiger partial charge on any atom is 0.184 e. The molecule has 0 aliphatic heterocycles. The Labute approximate surface area is 171 Å². The maximum atomic E-state index is 13.1. The number of hydrogen-bond acceptors (Lipinski definition) is 5. The predicted octanol–water partition coefficient (Wildman–Crippen LogP) is 5.61. The Kier molecular flexibility index (Phi) is 6.29. The molecule has 4 nitrogen and oxygen atoms in total. The van der Waals surface area contributed by atoms with Crippen LogP contribution in [0.5, 0.6) is 0 Å². The minimum atomic E-state index is -0.304. The Hall–Kier alpha value is -1.77. The van der Waals surface area contributed by atoms with Gasteiger partial charge < -0.3 is 4.57 Å². The Morgan fingerprint density at radius 2 is 2.00 bits per heavy atom. The second-order valence-electron chi connectivity index (χ2n) is 6.17. The molecule has 0 spiro atoms. The predicted molar refractivity (Wildman–Crippen MR) is 111 cm³/mol. The maximum absolute atomic E-state index is 13.1. The lowest BCUT2D eigenvalue weighted by molar-refractivity contribution is 0.102. The number of rotatable bonds is 7. The lowest BCUT2D eigenvalue weighted by Gasteiger charge is -2.07. The van der Waals surface area contributed by atoms with Crippen LogP contribution in [0.15, 0.2) is 34.7 Å². The molecule has 0 saturated heterocycles. The van der Waals surface area contributed by atoms with E-state index in [2.05, 4.69) is 16.6 Å². The molecular weight excluding hydrogens is 401 g/mol. The second kappa shape index (κ2) is 8.50. The molecule has 0 unspecified atom stereocenters. The first-order valence-electron chi connectivity index (χ1n) is 8.59. The zero-order chi connectivity index (χ0) is 19.6. The number of thioether (sulfide) groups is 1. The summed E-state index contributed by atoms with van der Waals surface area (Å²) < 4.78 is 18.2. The molecule has 0 atom stereocenters. The quantitative estimate of drug-likeness (QED) is 0.283. The van der Waals surface area contributed by atoms with E-state index in [1.807, 2.05) is 19.9 Å². The van der Waals surface area contributed by atoms with Gasteiger partial charge in [-0.25, -0.2) is 9.07 Å². The molecule has 8 heteroatoms. The molecule has 3 aromatic rings. The summed E-state index contributed by atoms with van der Waals surface area (Å²) >= 11 is 8.09. The Morgan fingerprint density at radius 3 is 2.67 bits per heavy atom. The highest BCUT2D eigenvalue weighted by atomic mass is 32.2. The van der Waals surface area contributed by atoms with Gasteiger partial charge in [0.25, 0.3) is 0 Å². The molecule has 27 heavy (non-hydrogen) atoms. The molecule has 0 bridgehead atoms. The van der Waals surface area contributed by atoms with Crippen molar-refractivity contribution in [3.05, 3.63) is 57.1 Å². The number of carbonyl (C=O) groups is 1. The Balaban J connectivity index is 1.73. The van der Waals surface area contributed by atoms with E-state index >= 15 is 0 Å². The molecule has 0 saturated carbocycles. The van der Waals surface area contributed by atoms with E-state index in [1.165, 1.54) is 35.2 Å². The monoisotopic (exact) mass is 421 g/mol. The molecule has 3 rings (SSSR count). The van der Waals surface area contributed by atoms with Crippen molar-refractivity contribution in [1.29, 1.82) is 0 Å². The van der Waals surface area contributed by atoms with Gasteiger partial charge in [0.15, 0.2) is 14.1 Å². The average Bonchev–Trinajstić information content (AvgIpc) is 3.15. The van der Waals surface area contributed by atoms with Crippen molar-refractivity contribution in [2.75, 3.05) is 5.75 Å². The van der Waals surface area contributed by atoms with Gasteiger partial charge in [-0.3, -0.25) is 4.79 Å². The summed E-state index contributed by atoms with van der Waals surface area (Å²) in [5, 5.41) is 4.46. The number of ketones is 1. The minimum absolute atomic E-state index is 0.0879. The van der Waals surface area contributed by atoms with E-state index in [4.69, 9.17) is 12.2 Å². The Bertz CT molecular complexity index is 1020. The van der Waals surface area contributed by atoms with E-state index in [0.29, 0.717) is 15.4 Å². The number of Topliss-reactive ketones (excluding diaryl/α,β-unsaturated/α-hetero) is 1. The number of halogens is 1. The topological polar surface area (TPSA) is 39.8 Å². The highest BCUT2D eigenvalue weighted by Crippen LogP contribution is 2.26. The third kappa shape index (κ3) is 4.39. The van der Waals surface area contributed by atoms with Gasteiger partial charge in [0.05, 0.1) is 11.4 Å². The van der Waals surface area contributed by atoms with Crippen molar-refractivity contribution in [3.8, 4) is 5.69 Å².